The number of thiophene rings is 1. The average Bonchev–Trinajstić information content (AvgIpc) is 2.93. The van der Waals surface area contributed by atoms with E-state index in [-0.39, 0.29) is 12.5 Å². The van der Waals surface area contributed by atoms with E-state index in [2.05, 4.69) is 31.4 Å². The van der Waals surface area contributed by atoms with E-state index in [0.29, 0.717) is 11.7 Å². The molecule has 2 aromatic heterocycles. The van der Waals surface area contributed by atoms with Gasteiger partial charge in [0.15, 0.2) is 5.82 Å². The van der Waals surface area contributed by atoms with Crippen molar-refractivity contribution in [3.63, 3.8) is 0 Å². The van der Waals surface area contributed by atoms with Crippen molar-refractivity contribution in [2.75, 3.05) is 0 Å². The highest BCUT2D eigenvalue weighted by atomic mass is 79.9. The predicted molar refractivity (Wildman–Crippen MR) is 71.9 cm³/mol. The van der Waals surface area contributed by atoms with Gasteiger partial charge in [-0.2, -0.15) is 4.98 Å². The lowest BCUT2D eigenvalue weighted by atomic mass is 10.3. The van der Waals surface area contributed by atoms with E-state index in [1.54, 1.807) is 24.3 Å². The molecular weight excluding hydrogens is 318 g/mol. The van der Waals surface area contributed by atoms with E-state index in [0.717, 1.165) is 9.35 Å². The number of amides is 1. The zero-order valence-corrected chi connectivity index (χ0v) is 11.9. The summed E-state index contributed by atoms with van der Waals surface area (Å²) in [6.07, 6.45) is 3.22. The van der Waals surface area contributed by atoms with Crippen LogP contribution < -0.4 is 5.32 Å². The molecule has 0 bridgehead atoms. The van der Waals surface area contributed by atoms with Gasteiger partial charge in [-0.1, -0.05) is 5.16 Å². The second kappa shape index (κ2) is 5.92. The van der Waals surface area contributed by atoms with Crippen molar-refractivity contribution in [3.05, 3.63) is 38.6 Å². The Morgan fingerprint density at radius 2 is 2.50 bits per heavy atom. The van der Waals surface area contributed by atoms with Crippen LogP contribution >= 0.6 is 27.3 Å². The third-order valence-corrected chi connectivity index (χ3v) is 3.53. The Morgan fingerprint density at radius 3 is 3.11 bits per heavy atom. The fraction of sp³-hybridized carbons (Fsp3) is 0.182. The molecule has 0 aliphatic carbocycles. The topological polar surface area (TPSA) is 68.0 Å². The standard InChI is InChI=1S/C11H10BrN3O2S/c1-7-14-10(15-17-7)5-13-11(16)3-2-8-4-9(12)18-6-8/h2-4,6H,5H2,1H3,(H,13,16). The highest BCUT2D eigenvalue weighted by molar-refractivity contribution is 9.11. The Kier molecular flexibility index (Phi) is 4.27. The lowest BCUT2D eigenvalue weighted by Crippen LogP contribution is -2.20. The minimum Gasteiger partial charge on any atom is -0.345 e. The Hall–Kier alpha value is -1.47. The van der Waals surface area contributed by atoms with Gasteiger partial charge in [0, 0.05) is 13.0 Å². The molecule has 0 aromatic carbocycles. The van der Waals surface area contributed by atoms with Gasteiger partial charge in [0.25, 0.3) is 0 Å². The number of nitrogens with one attached hydrogen (secondary N) is 1. The van der Waals surface area contributed by atoms with Gasteiger partial charge in [0.1, 0.15) is 0 Å². The number of hydrogen-bond acceptors (Lipinski definition) is 5. The third kappa shape index (κ3) is 3.78. The Labute approximate surface area is 116 Å². The van der Waals surface area contributed by atoms with Crippen molar-refractivity contribution >= 4 is 39.2 Å². The van der Waals surface area contributed by atoms with Gasteiger partial charge in [0.05, 0.1) is 10.3 Å². The number of carbonyl (C=O) groups is 1. The van der Waals surface area contributed by atoms with Gasteiger partial charge in [-0.05, 0) is 39.0 Å². The maximum Gasteiger partial charge on any atom is 0.244 e. The molecule has 7 heteroatoms. The van der Waals surface area contributed by atoms with E-state index in [1.807, 2.05) is 11.4 Å². The van der Waals surface area contributed by atoms with E-state index < -0.39 is 0 Å². The number of nitrogens with zero attached hydrogens (tertiary/aromatic N) is 2. The summed E-state index contributed by atoms with van der Waals surface area (Å²) in [4.78, 5) is 15.5. The summed E-state index contributed by atoms with van der Waals surface area (Å²) < 4.78 is 5.83. The number of hydrogen-bond donors (Lipinski definition) is 1. The van der Waals surface area contributed by atoms with Crippen molar-refractivity contribution in [1.29, 1.82) is 0 Å². The first-order valence-electron chi connectivity index (χ1n) is 5.12. The van der Waals surface area contributed by atoms with Crippen LogP contribution in [0.5, 0.6) is 0 Å². The molecule has 2 heterocycles. The largest absolute Gasteiger partial charge is 0.345 e. The number of carbonyl (C=O) groups excluding carboxylic acids is 1. The summed E-state index contributed by atoms with van der Waals surface area (Å²) in [7, 11) is 0. The van der Waals surface area contributed by atoms with Gasteiger partial charge >= 0.3 is 0 Å². The Bertz CT molecular complexity index is 576. The van der Waals surface area contributed by atoms with Crippen LogP contribution in [0.4, 0.5) is 0 Å². The molecule has 2 rings (SSSR count). The van der Waals surface area contributed by atoms with Crippen LogP contribution in [0.1, 0.15) is 17.3 Å². The molecule has 0 aliphatic heterocycles. The monoisotopic (exact) mass is 327 g/mol. The SMILES string of the molecule is Cc1nc(CNC(=O)C=Cc2csc(Br)c2)no1. The summed E-state index contributed by atoms with van der Waals surface area (Å²) in [6, 6.07) is 1.94. The first-order valence-corrected chi connectivity index (χ1v) is 6.80. The van der Waals surface area contributed by atoms with Gasteiger partial charge < -0.3 is 9.84 Å². The molecular formula is C11H10BrN3O2S. The number of halogens is 1. The number of aryl methyl sites for hydroxylation is 1. The minimum atomic E-state index is -0.195. The van der Waals surface area contributed by atoms with Crippen LogP contribution in [-0.2, 0) is 11.3 Å². The van der Waals surface area contributed by atoms with Crippen LogP contribution in [0.2, 0.25) is 0 Å². The summed E-state index contributed by atoms with van der Waals surface area (Å²) >= 11 is 4.93. The highest BCUT2D eigenvalue weighted by Crippen LogP contribution is 2.21. The summed E-state index contributed by atoms with van der Waals surface area (Å²) in [6.45, 7) is 1.96. The summed E-state index contributed by atoms with van der Waals surface area (Å²) in [5.41, 5.74) is 0.984. The second-order valence-electron chi connectivity index (χ2n) is 3.46. The summed E-state index contributed by atoms with van der Waals surface area (Å²) in [5, 5.41) is 8.30. The minimum absolute atomic E-state index is 0.195. The molecule has 94 valence electrons. The zero-order chi connectivity index (χ0) is 13.0. The second-order valence-corrected chi connectivity index (χ2v) is 5.76. The van der Waals surface area contributed by atoms with E-state index in [1.165, 1.54) is 6.08 Å². The molecule has 0 radical (unpaired) electrons. The average molecular weight is 328 g/mol. The van der Waals surface area contributed by atoms with Gasteiger partial charge in [-0.15, -0.1) is 11.3 Å². The molecule has 1 amide bonds. The molecule has 0 saturated heterocycles. The molecule has 0 aliphatic rings. The van der Waals surface area contributed by atoms with Crippen LogP contribution in [0.3, 0.4) is 0 Å². The Morgan fingerprint density at radius 1 is 1.67 bits per heavy atom. The molecule has 18 heavy (non-hydrogen) atoms. The normalized spacial score (nSPS) is 11.0. The van der Waals surface area contributed by atoms with E-state index in [4.69, 9.17) is 4.52 Å². The lowest BCUT2D eigenvalue weighted by Gasteiger charge is -1.95. The van der Waals surface area contributed by atoms with Gasteiger partial charge in [0.2, 0.25) is 11.8 Å². The van der Waals surface area contributed by atoms with Crippen LogP contribution in [0.15, 0.2) is 25.8 Å². The van der Waals surface area contributed by atoms with E-state index in [9.17, 15) is 4.79 Å². The van der Waals surface area contributed by atoms with Crippen molar-refractivity contribution in [2.45, 2.75) is 13.5 Å². The molecule has 0 atom stereocenters. The van der Waals surface area contributed by atoms with Crippen LogP contribution in [0.25, 0.3) is 6.08 Å². The smallest absolute Gasteiger partial charge is 0.244 e. The first-order chi connectivity index (χ1) is 8.63. The van der Waals surface area contributed by atoms with Crippen LogP contribution in [-0.4, -0.2) is 16.0 Å². The first kappa shape index (κ1) is 13.0. The molecule has 2 aromatic rings. The Balaban J connectivity index is 1.83. The predicted octanol–water partition coefficient (Wildman–Crippen LogP) is 2.53. The molecule has 5 nitrogen and oxygen atoms in total. The fourth-order valence-electron chi connectivity index (χ4n) is 1.22. The van der Waals surface area contributed by atoms with Crippen LogP contribution in [0, 0.1) is 6.92 Å². The molecule has 1 N–H and O–H groups in total. The van der Waals surface area contributed by atoms with Crippen molar-refractivity contribution in [2.24, 2.45) is 0 Å². The maximum absolute atomic E-state index is 11.5. The quantitative estimate of drug-likeness (QED) is 0.876. The third-order valence-electron chi connectivity index (χ3n) is 2.01. The number of aromatic nitrogens is 2. The fourth-order valence-corrected chi connectivity index (χ4v) is 2.37. The van der Waals surface area contributed by atoms with Gasteiger partial charge in [-0.25, -0.2) is 0 Å². The van der Waals surface area contributed by atoms with Crippen molar-refractivity contribution < 1.29 is 9.32 Å². The molecule has 0 fully saturated rings. The molecule has 0 saturated carbocycles. The highest BCUT2D eigenvalue weighted by Gasteiger charge is 2.03. The molecule has 0 spiro atoms. The number of rotatable bonds is 4. The van der Waals surface area contributed by atoms with Gasteiger partial charge in [-0.3, -0.25) is 4.79 Å². The maximum atomic E-state index is 11.5. The lowest BCUT2D eigenvalue weighted by molar-refractivity contribution is -0.116. The molecule has 0 unspecified atom stereocenters. The van der Waals surface area contributed by atoms with Crippen molar-refractivity contribution in [1.82, 2.24) is 15.5 Å². The zero-order valence-electron chi connectivity index (χ0n) is 9.51. The van der Waals surface area contributed by atoms with Crippen molar-refractivity contribution in [3.8, 4) is 0 Å². The summed E-state index contributed by atoms with van der Waals surface area (Å²) in [5.74, 6) is 0.755. The van der Waals surface area contributed by atoms with E-state index >= 15 is 0 Å².